The number of rotatable bonds is 5. The summed E-state index contributed by atoms with van der Waals surface area (Å²) >= 11 is 1.17. The van der Waals surface area contributed by atoms with Crippen LogP contribution in [0.4, 0.5) is 5.69 Å². The summed E-state index contributed by atoms with van der Waals surface area (Å²) in [5.41, 5.74) is 0.719. The maximum atomic E-state index is 12.3. The minimum absolute atomic E-state index is 0.0467. The number of carbonyl (C=O) groups excluding carboxylic acids is 1. The van der Waals surface area contributed by atoms with Crippen molar-refractivity contribution >= 4 is 34.5 Å². The van der Waals surface area contributed by atoms with Crippen molar-refractivity contribution in [3.05, 3.63) is 64.5 Å². The van der Waals surface area contributed by atoms with E-state index in [1.165, 1.54) is 18.9 Å². The molecule has 0 atom stereocenters. The van der Waals surface area contributed by atoms with Gasteiger partial charge in [-0.05, 0) is 31.2 Å². The van der Waals surface area contributed by atoms with Crippen LogP contribution in [0.3, 0.4) is 0 Å². The largest absolute Gasteiger partial charge is 0.506 e. The van der Waals surface area contributed by atoms with Gasteiger partial charge in [-0.1, -0.05) is 30.0 Å². The molecule has 3 rings (SSSR count). The Morgan fingerprint density at radius 1 is 1.27 bits per heavy atom. The number of aliphatic imine (C=N–C) groups is 1. The Labute approximate surface area is 154 Å². The number of nitrogens with zero attached hydrogens (tertiary/aromatic N) is 1. The van der Waals surface area contributed by atoms with Crippen molar-refractivity contribution in [1.29, 1.82) is 0 Å². The molecule has 2 heterocycles. The summed E-state index contributed by atoms with van der Waals surface area (Å²) in [6.45, 7) is 1.91. The second kappa shape index (κ2) is 7.97. The van der Waals surface area contributed by atoms with Gasteiger partial charge < -0.3 is 19.0 Å². The van der Waals surface area contributed by atoms with Crippen molar-refractivity contribution in [1.82, 2.24) is 0 Å². The van der Waals surface area contributed by atoms with Crippen LogP contribution in [0.5, 0.6) is 5.95 Å². The van der Waals surface area contributed by atoms with E-state index in [0.29, 0.717) is 27.3 Å². The fraction of sp³-hybridized carbons (Fsp3) is 0.158. The summed E-state index contributed by atoms with van der Waals surface area (Å²) < 4.78 is 15.5. The monoisotopic (exact) mass is 371 g/mol. The van der Waals surface area contributed by atoms with Gasteiger partial charge in [-0.15, -0.1) is 0 Å². The molecular formula is C19H17NO5S. The zero-order valence-electron chi connectivity index (χ0n) is 14.3. The molecule has 1 aliphatic heterocycles. The first-order chi connectivity index (χ1) is 12.6. The standard InChI is InChI=1S/C19H17NO5S/c1-3-24-19(22)16-17(21)14(11-13-9-10-15(23-2)25-13)26-18(16)20-12-7-5-4-6-8-12/h4-11,21H,3H2,1-2H3/b14-11-,20-18?. The highest BCUT2D eigenvalue weighted by atomic mass is 32.2. The molecule has 0 aliphatic carbocycles. The zero-order valence-corrected chi connectivity index (χ0v) is 15.1. The molecule has 1 N–H and O–H groups in total. The Balaban J connectivity index is 2.00. The van der Waals surface area contributed by atoms with Crippen LogP contribution in [-0.4, -0.2) is 29.8 Å². The van der Waals surface area contributed by atoms with Crippen molar-refractivity contribution in [3.8, 4) is 5.95 Å². The van der Waals surface area contributed by atoms with Gasteiger partial charge in [0.1, 0.15) is 22.1 Å². The van der Waals surface area contributed by atoms with Crippen LogP contribution in [0.25, 0.3) is 6.08 Å². The van der Waals surface area contributed by atoms with Gasteiger partial charge in [0.05, 0.1) is 24.3 Å². The number of thioether (sulfide) groups is 1. The van der Waals surface area contributed by atoms with E-state index in [9.17, 15) is 9.90 Å². The molecule has 0 fully saturated rings. The highest BCUT2D eigenvalue weighted by molar-refractivity contribution is 8.18. The SMILES string of the molecule is CCOC(=O)C1=C(O)/C(=C/c2ccc(OC)o2)SC1=Nc1ccccc1. The lowest BCUT2D eigenvalue weighted by molar-refractivity contribution is -0.138. The zero-order chi connectivity index (χ0) is 18.5. The van der Waals surface area contributed by atoms with Gasteiger partial charge >= 0.3 is 5.97 Å². The van der Waals surface area contributed by atoms with Gasteiger partial charge in [0.15, 0.2) is 0 Å². The van der Waals surface area contributed by atoms with Gasteiger partial charge in [0.25, 0.3) is 5.95 Å². The summed E-state index contributed by atoms with van der Waals surface area (Å²) in [5, 5.41) is 10.9. The fourth-order valence-corrected chi connectivity index (χ4v) is 3.28. The Morgan fingerprint density at radius 2 is 2.04 bits per heavy atom. The lowest BCUT2D eigenvalue weighted by Crippen LogP contribution is -2.12. The van der Waals surface area contributed by atoms with E-state index in [-0.39, 0.29) is 17.9 Å². The second-order valence-corrected chi connectivity index (χ2v) is 6.20. The first kappa shape index (κ1) is 17.9. The average molecular weight is 371 g/mol. The first-order valence-corrected chi connectivity index (χ1v) is 8.72. The molecule has 0 saturated heterocycles. The van der Waals surface area contributed by atoms with E-state index >= 15 is 0 Å². The number of furan rings is 1. The molecule has 0 saturated carbocycles. The Bertz CT molecular complexity index is 896. The molecule has 0 spiro atoms. The number of hydrogen-bond acceptors (Lipinski definition) is 7. The molecule has 134 valence electrons. The van der Waals surface area contributed by atoms with Gasteiger partial charge in [-0.3, -0.25) is 0 Å². The average Bonchev–Trinajstić information content (AvgIpc) is 3.21. The third-order valence-corrected chi connectivity index (χ3v) is 4.45. The van der Waals surface area contributed by atoms with E-state index in [1.54, 1.807) is 25.1 Å². The molecule has 0 radical (unpaired) electrons. The van der Waals surface area contributed by atoms with Gasteiger partial charge in [0, 0.05) is 6.07 Å². The first-order valence-electron chi connectivity index (χ1n) is 7.90. The predicted octanol–water partition coefficient (Wildman–Crippen LogP) is 4.48. The molecule has 26 heavy (non-hydrogen) atoms. The molecule has 0 amide bonds. The summed E-state index contributed by atoms with van der Waals surface area (Å²) in [5.74, 6) is 0.0401. The van der Waals surface area contributed by atoms with Crippen LogP contribution < -0.4 is 4.74 Å². The van der Waals surface area contributed by atoms with Crippen molar-refractivity contribution in [2.75, 3.05) is 13.7 Å². The van der Waals surface area contributed by atoms with Gasteiger partial charge in [-0.25, -0.2) is 9.79 Å². The number of esters is 1. The summed E-state index contributed by atoms with van der Waals surface area (Å²) in [6, 6.07) is 12.6. The van der Waals surface area contributed by atoms with E-state index in [1.807, 2.05) is 30.3 Å². The third kappa shape index (κ3) is 3.83. The van der Waals surface area contributed by atoms with Crippen molar-refractivity contribution < 1.29 is 23.8 Å². The summed E-state index contributed by atoms with van der Waals surface area (Å²) in [4.78, 5) is 17.2. The number of carbonyl (C=O) groups is 1. The third-order valence-electron chi connectivity index (χ3n) is 3.43. The Kier molecular flexibility index (Phi) is 5.48. The quantitative estimate of drug-likeness (QED) is 0.781. The number of hydrogen-bond donors (Lipinski definition) is 1. The number of aliphatic hydroxyl groups is 1. The highest BCUT2D eigenvalue weighted by Crippen LogP contribution is 2.40. The van der Waals surface area contributed by atoms with Crippen LogP contribution in [0.2, 0.25) is 0 Å². The Morgan fingerprint density at radius 3 is 2.69 bits per heavy atom. The summed E-state index contributed by atoms with van der Waals surface area (Å²) in [7, 11) is 1.50. The molecule has 7 heteroatoms. The van der Waals surface area contributed by atoms with E-state index in [4.69, 9.17) is 13.9 Å². The van der Waals surface area contributed by atoms with Crippen molar-refractivity contribution in [2.45, 2.75) is 6.92 Å². The molecule has 1 aliphatic rings. The van der Waals surface area contributed by atoms with Crippen molar-refractivity contribution in [3.63, 3.8) is 0 Å². The van der Waals surface area contributed by atoms with E-state index in [2.05, 4.69) is 4.99 Å². The number of ether oxygens (including phenoxy) is 2. The van der Waals surface area contributed by atoms with Gasteiger partial charge in [0.2, 0.25) is 0 Å². The fourth-order valence-electron chi connectivity index (χ4n) is 2.26. The van der Waals surface area contributed by atoms with E-state index < -0.39 is 5.97 Å². The van der Waals surface area contributed by atoms with Crippen LogP contribution in [0.15, 0.2) is 68.1 Å². The minimum atomic E-state index is -0.618. The maximum absolute atomic E-state index is 12.3. The number of methoxy groups -OCH3 is 1. The molecule has 6 nitrogen and oxygen atoms in total. The molecule has 2 aromatic rings. The smallest absolute Gasteiger partial charge is 0.344 e. The topological polar surface area (TPSA) is 81.3 Å². The highest BCUT2D eigenvalue weighted by Gasteiger charge is 2.33. The van der Waals surface area contributed by atoms with Crippen LogP contribution in [0, 0.1) is 0 Å². The number of aliphatic hydroxyl groups excluding tert-OH is 1. The predicted molar refractivity (Wildman–Crippen MR) is 101 cm³/mol. The molecular weight excluding hydrogens is 354 g/mol. The van der Waals surface area contributed by atoms with Gasteiger partial charge in [-0.2, -0.15) is 0 Å². The molecule has 1 aromatic carbocycles. The minimum Gasteiger partial charge on any atom is -0.506 e. The van der Waals surface area contributed by atoms with Crippen LogP contribution in [0.1, 0.15) is 12.7 Å². The number of benzene rings is 1. The number of para-hydroxylation sites is 1. The van der Waals surface area contributed by atoms with Crippen LogP contribution in [-0.2, 0) is 9.53 Å². The Hall–Kier alpha value is -2.93. The lowest BCUT2D eigenvalue weighted by atomic mass is 10.2. The molecule has 1 aromatic heterocycles. The maximum Gasteiger partial charge on any atom is 0.344 e. The van der Waals surface area contributed by atoms with Crippen molar-refractivity contribution in [2.24, 2.45) is 4.99 Å². The van der Waals surface area contributed by atoms with E-state index in [0.717, 1.165) is 0 Å². The molecule has 0 bridgehead atoms. The second-order valence-electron chi connectivity index (χ2n) is 5.17. The molecule has 0 unspecified atom stereocenters. The normalized spacial score (nSPS) is 17.2. The lowest BCUT2D eigenvalue weighted by Gasteiger charge is -2.03. The van der Waals surface area contributed by atoms with Crippen LogP contribution >= 0.6 is 11.8 Å². The summed E-state index contributed by atoms with van der Waals surface area (Å²) in [6.07, 6.45) is 1.62.